The van der Waals surface area contributed by atoms with Crippen LogP contribution in [0, 0.1) is 17.3 Å². The van der Waals surface area contributed by atoms with Gasteiger partial charge >= 0.3 is 11.9 Å². The van der Waals surface area contributed by atoms with Crippen LogP contribution in [0.1, 0.15) is 129 Å². The summed E-state index contributed by atoms with van der Waals surface area (Å²) in [6, 6.07) is 5.49. The Bertz CT molecular complexity index is 843. The van der Waals surface area contributed by atoms with Crippen molar-refractivity contribution in [2.75, 3.05) is 0 Å². The Kier molecular flexibility index (Phi) is 11.9. The zero-order valence-corrected chi connectivity index (χ0v) is 23.7. The molecule has 1 atom stereocenters. The van der Waals surface area contributed by atoms with Crippen LogP contribution in [0.5, 0.6) is 11.5 Å². The van der Waals surface area contributed by atoms with E-state index in [0.717, 1.165) is 18.4 Å². The predicted molar refractivity (Wildman–Crippen MR) is 150 cm³/mol. The van der Waals surface area contributed by atoms with Crippen molar-refractivity contribution in [1.82, 2.24) is 0 Å². The maximum Gasteiger partial charge on any atom is 0.311 e. The molecule has 0 radical (unpaired) electrons. The van der Waals surface area contributed by atoms with E-state index in [2.05, 4.69) is 20.8 Å². The largest absolute Gasteiger partial charge is 0.423 e. The van der Waals surface area contributed by atoms with Crippen molar-refractivity contribution in [3.63, 3.8) is 0 Å². The van der Waals surface area contributed by atoms with Crippen molar-refractivity contribution in [3.8, 4) is 11.5 Å². The third kappa shape index (κ3) is 10.8. The van der Waals surface area contributed by atoms with Gasteiger partial charge in [0.05, 0.1) is 0 Å². The molecule has 0 saturated heterocycles. The van der Waals surface area contributed by atoms with Gasteiger partial charge in [-0.05, 0) is 54.2 Å². The first-order valence-corrected chi connectivity index (χ1v) is 15.0. The van der Waals surface area contributed by atoms with Gasteiger partial charge < -0.3 is 15.2 Å². The molecule has 3 rings (SSSR count). The Morgan fingerprint density at radius 1 is 0.784 bits per heavy atom. The van der Waals surface area contributed by atoms with Gasteiger partial charge in [-0.3, -0.25) is 9.59 Å². The summed E-state index contributed by atoms with van der Waals surface area (Å²) in [5.74, 6) is 1.38. The topological polar surface area (TPSA) is 78.6 Å². The summed E-state index contributed by atoms with van der Waals surface area (Å²) < 4.78 is 11.6. The smallest absolute Gasteiger partial charge is 0.311 e. The molecule has 0 aromatic heterocycles. The molecule has 5 heteroatoms. The molecular formula is C32H51NO4. The van der Waals surface area contributed by atoms with Gasteiger partial charge in [-0.1, -0.05) is 104 Å². The summed E-state index contributed by atoms with van der Waals surface area (Å²) in [4.78, 5) is 25.6. The van der Waals surface area contributed by atoms with Crippen LogP contribution in [-0.2, 0) is 16.0 Å². The van der Waals surface area contributed by atoms with Crippen LogP contribution >= 0.6 is 0 Å². The van der Waals surface area contributed by atoms with Crippen molar-refractivity contribution >= 4 is 11.9 Å². The molecule has 1 unspecified atom stereocenters. The Morgan fingerprint density at radius 2 is 1.24 bits per heavy atom. The molecule has 0 aliphatic heterocycles. The fraction of sp³-hybridized carbons (Fsp3) is 0.750. The first kappa shape index (κ1) is 29.7. The van der Waals surface area contributed by atoms with Gasteiger partial charge in [0, 0.05) is 18.9 Å². The number of hydrogen-bond acceptors (Lipinski definition) is 5. The first-order chi connectivity index (χ1) is 17.7. The van der Waals surface area contributed by atoms with Crippen LogP contribution in [0.4, 0.5) is 0 Å². The molecule has 2 N–H and O–H groups in total. The van der Waals surface area contributed by atoms with Gasteiger partial charge in [-0.25, -0.2) is 0 Å². The molecule has 0 heterocycles. The highest BCUT2D eigenvalue weighted by atomic mass is 16.6. The molecule has 37 heavy (non-hydrogen) atoms. The molecule has 0 spiro atoms. The second-order valence-corrected chi connectivity index (χ2v) is 12.7. The fourth-order valence-corrected chi connectivity index (χ4v) is 5.70. The van der Waals surface area contributed by atoms with Crippen molar-refractivity contribution < 1.29 is 19.1 Å². The average molecular weight is 514 g/mol. The number of ether oxygens (including phenoxy) is 2. The SMILES string of the molecule is CC(C)(C)C(N)Cc1ccc(OC(=O)CCC2CCCCCC2)c(OC(=O)CCC2CCCCCC2)c1. The number of rotatable bonds is 10. The lowest BCUT2D eigenvalue weighted by Gasteiger charge is -2.27. The predicted octanol–water partition coefficient (Wildman–Crippen LogP) is 7.91. The molecule has 2 aliphatic carbocycles. The summed E-state index contributed by atoms with van der Waals surface area (Å²) in [6.07, 6.45) is 18.3. The number of benzene rings is 1. The third-order valence-electron chi connectivity index (χ3n) is 8.49. The second kappa shape index (κ2) is 14.9. The average Bonchev–Trinajstić information content (AvgIpc) is 3.27. The van der Waals surface area contributed by atoms with Crippen LogP contribution in [0.3, 0.4) is 0 Å². The second-order valence-electron chi connectivity index (χ2n) is 12.7. The Hall–Kier alpha value is -1.88. The number of carbonyl (C=O) groups excluding carboxylic acids is 2. The van der Waals surface area contributed by atoms with E-state index in [9.17, 15) is 9.59 Å². The number of hydrogen-bond donors (Lipinski definition) is 1. The van der Waals surface area contributed by atoms with Crippen LogP contribution in [-0.4, -0.2) is 18.0 Å². The molecule has 0 bridgehead atoms. The van der Waals surface area contributed by atoms with Gasteiger partial charge in [0.1, 0.15) is 0 Å². The maximum absolute atomic E-state index is 12.8. The van der Waals surface area contributed by atoms with E-state index in [1.54, 1.807) is 6.07 Å². The molecular weight excluding hydrogens is 462 g/mol. The maximum atomic E-state index is 12.8. The third-order valence-corrected chi connectivity index (χ3v) is 8.49. The van der Waals surface area contributed by atoms with Gasteiger partial charge in [-0.2, -0.15) is 0 Å². The molecule has 1 aromatic rings. The quantitative estimate of drug-likeness (QED) is 0.195. The summed E-state index contributed by atoms with van der Waals surface area (Å²) in [5, 5.41) is 0. The van der Waals surface area contributed by atoms with Gasteiger partial charge in [0.15, 0.2) is 11.5 Å². The van der Waals surface area contributed by atoms with Crippen LogP contribution in [0.2, 0.25) is 0 Å². The van der Waals surface area contributed by atoms with Crippen LogP contribution in [0.25, 0.3) is 0 Å². The zero-order valence-electron chi connectivity index (χ0n) is 23.7. The van der Waals surface area contributed by atoms with Crippen molar-refractivity contribution in [2.45, 2.75) is 136 Å². The minimum absolute atomic E-state index is 0.0423. The Balaban J connectivity index is 1.63. The van der Waals surface area contributed by atoms with Crippen molar-refractivity contribution in [3.05, 3.63) is 23.8 Å². The van der Waals surface area contributed by atoms with E-state index in [1.165, 1.54) is 77.0 Å². The van der Waals surface area contributed by atoms with Crippen molar-refractivity contribution in [1.29, 1.82) is 0 Å². The van der Waals surface area contributed by atoms with Gasteiger partial charge in [0.2, 0.25) is 0 Å². The molecule has 5 nitrogen and oxygen atoms in total. The van der Waals surface area contributed by atoms with E-state index >= 15 is 0 Å². The zero-order chi connectivity index (χ0) is 26.7. The number of carbonyl (C=O) groups is 2. The molecule has 2 fully saturated rings. The standard InChI is InChI=1S/C32H51NO4/c1-32(2,3)29(33)23-26-16-19-27(36-30(34)20-17-24-12-8-4-5-9-13-24)28(22-26)37-31(35)21-18-25-14-10-6-7-11-15-25/h16,19,22,24-25,29H,4-15,17-18,20-21,23,33H2,1-3H3. The first-order valence-electron chi connectivity index (χ1n) is 15.0. The van der Waals surface area contributed by atoms with E-state index in [4.69, 9.17) is 15.2 Å². The molecule has 2 aliphatic rings. The minimum atomic E-state index is -0.253. The highest BCUT2D eigenvalue weighted by Crippen LogP contribution is 2.33. The summed E-state index contributed by atoms with van der Waals surface area (Å²) in [6.45, 7) is 6.36. The monoisotopic (exact) mass is 513 g/mol. The molecule has 2 saturated carbocycles. The number of nitrogens with two attached hydrogens (primary N) is 1. The summed E-state index contributed by atoms with van der Waals surface area (Å²) in [7, 11) is 0. The Labute approximate surface area is 225 Å². The highest BCUT2D eigenvalue weighted by Gasteiger charge is 2.23. The lowest BCUT2D eigenvalue weighted by molar-refractivity contribution is -0.137. The van der Waals surface area contributed by atoms with E-state index in [1.807, 2.05) is 12.1 Å². The normalized spacial score (nSPS) is 19.0. The number of esters is 2. The lowest BCUT2D eigenvalue weighted by Crippen LogP contribution is -2.36. The van der Waals surface area contributed by atoms with Crippen LogP contribution < -0.4 is 15.2 Å². The van der Waals surface area contributed by atoms with E-state index in [-0.39, 0.29) is 23.4 Å². The fourth-order valence-electron chi connectivity index (χ4n) is 5.70. The lowest BCUT2D eigenvalue weighted by atomic mass is 9.84. The molecule has 0 amide bonds. The van der Waals surface area contributed by atoms with Crippen LogP contribution in [0.15, 0.2) is 18.2 Å². The highest BCUT2D eigenvalue weighted by molar-refractivity contribution is 5.76. The van der Waals surface area contributed by atoms with E-state index < -0.39 is 0 Å². The van der Waals surface area contributed by atoms with Gasteiger partial charge in [0.25, 0.3) is 0 Å². The molecule has 208 valence electrons. The summed E-state index contributed by atoms with van der Waals surface area (Å²) in [5.41, 5.74) is 7.36. The van der Waals surface area contributed by atoms with Crippen molar-refractivity contribution in [2.24, 2.45) is 23.0 Å². The molecule has 1 aromatic carbocycles. The van der Waals surface area contributed by atoms with E-state index in [0.29, 0.717) is 42.6 Å². The van der Waals surface area contributed by atoms with Gasteiger partial charge in [-0.15, -0.1) is 0 Å². The summed E-state index contributed by atoms with van der Waals surface area (Å²) >= 11 is 0. The Morgan fingerprint density at radius 3 is 1.70 bits per heavy atom. The minimum Gasteiger partial charge on any atom is -0.423 e.